The summed E-state index contributed by atoms with van der Waals surface area (Å²) >= 11 is 0. The Balaban J connectivity index is 0.628. The van der Waals surface area contributed by atoms with E-state index in [4.69, 9.17) is 55.9 Å². The predicted octanol–water partition coefficient (Wildman–Crippen LogP) is 16.2. The summed E-state index contributed by atoms with van der Waals surface area (Å²) in [5, 5.41) is 31.4. The molecule has 0 aliphatic carbocycles. The normalized spacial score (nSPS) is 10.9. The SMILES string of the molecule is N#Cc1cc(OCCCCCCCCCC(=O)OCC(COC(=O)CCCCCCCCCOc2ccc(C(=O)Oc3ccc4ccc(=O)oc4c3)c(C#N)c2)OC(=O)CCCCCCCCCOc2ccc(C(=O)Oc3ccc4ccc(=O)oc4c3)c(C#N)c2)ccc1C(=O)Oc1ccc2ccc(=O)oc2c1. The van der Waals surface area contributed by atoms with E-state index >= 15 is 0 Å². The summed E-state index contributed by atoms with van der Waals surface area (Å²) in [7, 11) is 0. The average molecular weight is 1470 g/mol. The fraction of sp³-hybridized carbons (Fsp3) is 0.357. The lowest BCUT2D eigenvalue weighted by molar-refractivity contribution is -0.167. The van der Waals surface area contributed by atoms with Gasteiger partial charge in [0.05, 0.1) is 53.2 Å². The molecule has 0 saturated carbocycles. The number of nitriles is 3. The molecule has 9 rings (SSSR count). The first-order valence-corrected chi connectivity index (χ1v) is 36.4. The number of hydrogen-bond acceptors (Lipinski definition) is 24. The predicted molar refractivity (Wildman–Crippen MR) is 395 cm³/mol. The van der Waals surface area contributed by atoms with Crippen molar-refractivity contribution in [3.8, 4) is 52.7 Å². The molecule has 0 N–H and O–H groups in total. The van der Waals surface area contributed by atoms with Crippen molar-refractivity contribution in [2.24, 2.45) is 0 Å². The fourth-order valence-corrected chi connectivity index (χ4v) is 11.7. The second-order valence-electron chi connectivity index (χ2n) is 25.7. The van der Waals surface area contributed by atoms with Gasteiger partial charge in [-0.25, -0.2) is 28.8 Å². The zero-order chi connectivity index (χ0) is 76.2. The molecule has 0 atom stereocenters. The molecule has 9 aromatic rings. The van der Waals surface area contributed by atoms with Gasteiger partial charge >= 0.3 is 52.7 Å². The van der Waals surface area contributed by atoms with Gasteiger partial charge in [-0.3, -0.25) is 14.4 Å². The molecule has 560 valence electrons. The van der Waals surface area contributed by atoms with Crippen LogP contribution in [0.2, 0.25) is 0 Å². The lowest BCUT2D eigenvalue weighted by Crippen LogP contribution is -2.30. The maximum absolute atomic E-state index is 13.1. The number of fused-ring (bicyclic) bond motifs is 3. The minimum atomic E-state index is -0.992. The standard InChI is InChI=1S/C84H83N3O21/c85-52-60-46-63(34-37-70(60)82(94)103-66-31-25-57-28-40-79(91)106-73(57)49-66)97-43-19-13-7-1-4-10-16-22-76(88)100-55-69(102-78(90)24-18-12-6-3-9-15-21-45-99-65-36-39-72(62(48-65)54-87)84(96)105-68-33-27-59-30-42-81(93)108-75(59)51-68)56-101-77(89)23-17-11-5-2-8-14-20-44-98-64-35-38-71(61(47-64)53-86)83(95)104-67-32-26-58-29-41-80(92)107-74(58)50-67/h25-42,46-51,69H,1-24,43-45,55-56H2. The van der Waals surface area contributed by atoms with Gasteiger partial charge in [-0.15, -0.1) is 0 Å². The van der Waals surface area contributed by atoms with Crippen molar-refractivity contribution < 1.29 is 84.7 Å². The Hall–Kier alpha value is -12.4. The van der Waals surface area contributed by atoms with E-state index in [0.29, 0.717) is 72.5 Å². The number of esters is 6. The van der Waals surface area contributed by atoms with Crippen LogP contribution in [0.25, 0.3) is 32.9 Å². The van der Waals surface area contributed by atoms with Crippen LogP contribution in [0.5, 0.6) is 34.5 Å². The number of unbranched alkanes of at least 4 members (excludes halogenated alkanes) is 18. The molecule has 0 aliphatic rings. The lowest BCUT2D eigenvalue weighted by Gasteiger charge is -2.18. The largest absolute Gasteiger partial charge is 0.494 e. The third-order valence-electron chi connectivity index (χ3n) is 17.4. The highest BCUT2D eigenvalue weighted by Crippen LogP contribution is 2.28. The van der Waals surface area contributed by atoms with Crippen LogP contribution >= 0.6 is 0 Å². The van der Waals surface area contributed by atoms with E-state index in [9.17, 15) is 58.9 Å². The van der Waals surface area contributed by atoms with E-state index in [-0.39, 0.29) is 99.9 Å². The molecule has 0 spiro atoms. The van der Waals surface area contributed by atoms with Crippen LogP contribution in [0.15, 0.2) is 173 Å². The molecule has 0 radical (unpaired) electrons. The molecular weight excluding hydrogens is 1390 g/mol. The van der Waals surface area contributed by atoms with Gasteiger partial charge in [0.25, 0.3) is 0 Å². The van der Waals surface area contributed by atoms with Crippen LogP contribution < -0.4 is 45.3 Å². The first-order valence-electron chi connectivity index (χ1n) is 36.4. The van der Waals surface area contributed by atoms with Crippen molar-refractivity contribution in [1.82, 2.24) is 0 Å². The van der Waals surface area contributed by atoms with Gasteiger partial charge in [-0.1, -0.05) is 96.3 Å². The lowest BCUT2D eigenvalue weighted by atomic mass is 10.1. The van der Waals surface area contributed by atoms with Crippen LogP contribution in [0.4, 0.5) is 0 Å². The zero-order valence-corrected chi connectivity index (χ0v) is 59.9. The number of nitrogens with zero attached hydrogens (tertiary/aromatic N) is 3. The topological polar surface area (TPSA) is 347 Å². The maximum atomic E-state index is 13.1. The molecule has 0 bridgehead atoms. The Labute approximate surface area is 622 Å². The third kappa shape index (κ3) is 26.1. The molecule has 24 heteroatoms. The maximum Gasteiger partial charge on any atom is 0.344 e. The first-order chi connectivity index (χ1) is 52.6. The number of rotatable bonds is 44. The first kappa shape index (κ1) is 79.8. The molecule has 6 aromatic carbocycles. The second kappa shape index (κ2) is 42.6. The minimum Gasteiger partial charge on any atom is -0.494 e. The van der Waals surface area contributed by atoms with Crippen molar-refractivity contribution in [3.63, 3.8) is 0 Å². The Bertz CT molecular complexity index is 4710. The van der Waals surface area contributed by atoms with Crippen LogP contribution in [-0.4, -0.2) is 75.0 Å². The molecule has 0 amide bonds. The second-order valence-corrected chi connectivity index (χ2v) is 25.7. The molecule has 108 heavy (non-hydrogen) atoms. The van der Waals surface area contributed by atoms with E-state index in [2.05, 4.69) is 0 Å². The molecular formula is C84H83N3O21. The van der Waals surface area contributed by atoms with Gasteiger partial charge in [0.2, 0.25) is 0 Å². The molecule has 0 unspecified atom stereocenters. The molecule has 3 aromatic heterocycles. The van der Waals surface area contributed by atoms with Gasteiger partial charge in [-0.2, -0.15) is 15.8 Å². The Morgan fingerprint density at radius 1 is 0.315 bits per heavy atom. The van der Waals surface area contributed by atoms with Crippen LogP contribution in [0, 0.1) is 34.0 Å². The van der Waals surface area contributed by atoms with E-state index in [1.807, 2.05) is 18.2 Å². The van der Waals surface area contributed by atoms with Crippen LogP contribution in [0.1, 0.15) is 202 Å². The summed E-state index contributed by atoms with van der Waals surface area (Å²) in [6.07, 6.45) is 16.8. The van der Waals surface area contributed by atoms with Crippen molar-refractivity contribution in [2.75, 3.05) is 33.0 Å². The summed E-state index contributed by atoms with van der Waals surface area (Å²) < 4.78 is 66.5. The van der Waals surface area contributed by atoms with Crippen LogP contribution in [0.3, 0.4) is 0 Å². The quantitative estimate of drug-likeness (QED) is 0.0112. The van der Waals surface area contributed by atoms with E-state index in [0.717, 1.165) is 116 Å². The summed E-state index contributed by atoms with van der Waals surface area (Å²) in [6.45, 7) is 0.663. The summed E-state index contributed by atoms with van der Waals surface area (Å²) in [5.74, 6) is -1.88. The zero-order valence-electron chi connectivity index (χ0n) is 59.9. The summed E-state index contributed by atoms with van der Waals surface area (Å²) in [4.78, 5) is 113. The Morgan fingerprint density at radius 2 is 0.583 bits per heavy atom. The molecule has 0 fully saturated rings. The highest BCUT2D eigenvalue weighted by atomic mass is 16.6. The van der Waals surface area contributed by atoms with Gasteiger partial charge in [0, 0.05) is 71.8 Å². The monoisotopic (exact) mass is 1470 g/mol. The smallest absolute Gasteiger partial charge is 0.344 e. The fourth-order valence-electron chi connectivity index (χ4n) is 11.7. The number of carbonyl (C=O) groups excluding carboxylic acids is 6. The van der Waals surface area contributed by atoms with Crippen molar-refractivity contribution in [3.05, 3.63) is 210 Å². The number of ether oxygens (including phenoxy) is 9. The van der Waals surface area contributed by atoms with Gasteiger partial charge in [0.15, 0.2) is 6.10 Å². The minimum absolute atomic E-state index is 0.0552. The van der Waals surface area contributed by atoms with Gasteiger partial charge in [-0.05, 0) is 148 Å². The van der Waals surface area contributed by atoms with Crippen LogP contribution in [-0.2, 0) is 28.6 Å². The highest BCUT2D eigenvalue weighted by molar-refractivity contribution is 5.96. The molecule has 0 aliphatic heterocycles. The van der Waals surface area contributed by atoms with Gasteiger partial charge < -0.3 is 55.9 Å². The number of carbonyl (C=O) groups is 6. The number of hydrogen-bond donors (Lipinski definition) is 0. The van der Waals surface area contributed by atoms with E-state index < -0.39 is 58.8 Å². The van der Waals surface area contributed by atoms with Crippen molar-refractivity contribution >= 4 is 68.7 Å². The molecule has 3 heterocycles. The highest BCUT2D eigenvalue weighted by Gasteiger charge is 2.22. The van der Waals surface area contributed by atoms with E-state index in [1.54, 1.807) is 72.8 Å². The average Bonchev–Trinajstić information content (AvgIpc) is 0.829. The molecule has 0 saturated heterocycles. The van der Waals surface area contributed by atoms with E-state index in [1.165, 1.54) is 72.8 Å². The third-order valence-corrected chi connectivity index (χ3v) is 17.4. The Morgan fingerprint density at radius 3 is 0.889 bits per heavy atom. The van der Waals surface area contributed by atoms with Gasteiger partial charge in [0.1, 0.15) is 82.7 Å². The summed E-state index contributed by atoms with van der Waals surface area (Å²) in [6, 6.07) is 42.4. The number of benzene rings is 6. The van der Waals surface area contributed by atoms with Crippen molar-refractivity contribution in [2.45, 2.75) is 160 Å². The molecule has 24 nitrogen and oxygen atoms in total. The van der Waals surface area contributed by atoms with Crippen molar-refractivity contribution in [1.29, 1.82) is 15.8 Å². The Kier molecular flexibility index (Phi) is 31.4. The summed E-state index contributed by atoms with van der Waals surface area (Å²) in [5.41, 5.74) is -0.417.